The van der Waals surface area contributed by atoms with E-state index in [1.807, 2.05) is 0 Å². The molecular weight excluding hydrogens is 274 g/mol. The number of nitrogens with one attached hydrogen (secondary N) is 2. The number of aromatic hydroxyl groups is 1. The molecule has 0 atom stereocenters. The number of fused-ring (bicyclic) bond motifs is 1. The Morgan fingerprint density at radius 3 is 2.86 bits per heavy atom. The minimum atomic E-state index is -0.754. The Morgan fingerprint density at radius 2 is 2.14 bits per heavy atom. The summed E-state index contributed by atoms with van der Waals surface area (Å²) in [4.78, 5) is 28.2. The van der Waals surface area contributed by atoms with Crippen LogP contribution in [0.3, 0.4) is 0 Å². The van der Waals surface area contributed by atoms with E-state index in [-0.39, 0.29) is 17.3 Å². The number of para-hydroxylation sites is 1. The number of amides is 1. The summed E-state index contributed by atoms with van der Waals surface area (Å²) < 4.78 is 1.31. The molecule has 0 saturated carbocycles. The second kappa shape index (κ2) is 4.75. The normalized spacial score (nSPS) is 10.7. The maximum Gasteiger partial charge on any atom is 0.267 e. The van der Waals surface area contributed by atoms with Gasteiger partial charge >= 0.3 is 0 Å². The number of benzene rings is 1. The first-order valence-electron chi connectivity index (χ1n) is 6.07. The zero-order valence-electron chi connectivity index (χ0n) is 11.0. The van der Waals surface area contributed by atoms with Crippen LogP contribution in [0.5, 0.6) is 5.75 Å². The van der Waals surface area contributed by atoms with Crippen molar-refractivity contribution in [3.05, 3.63) is 46.5 Å². The number of rotatable bonds is 2. The van der Waals surface area contributed by atoms with E-state index in [4.69, 9.17) is 0 Å². The molecule has 106 valence electrons. The van der Waals surface area contributed by atoms with Gasteiger partial charge in [0.15, 0.2) is 0 Å². The average molecular weight is 285 g/mol. The maximum atomic E-state index is 12.3. The lowest BCUT2D eigenvalue weighted by Gasteiger charge is -2.10. The number of aryl methyl sites for hydroxylation is 1. The summed E-state index contributed by atoms with van der Waals surface area (Å²) in [6, 6.07) is 6.78. The topological polar surface area (TPSA) is 113 Å². The number of hydrogen-bond donors (Lipinski definition) is 3. The molecule has 3 rings (SSSR count). The molecule has 0 bridgehead atoms. The van der Waals surface area contributed by atoms with Crippen molar-refractivity contribution in [1.29, 1.82) is 0 Å². The van der Waals surface area contributed by atoms with Gasteiger partial charge in [0.2, 0.25) is 5.95 Å². The van der Waals surface area contributed by atoms with E-state index < -0.39 is 11.5 Å². The Hall–Kier alpha value is -3.16. The highest BCUT2D eigenvalue weighted by atomic mass is 16.3. The standard InChI is InChI=1S/C13H11N5O3/c1-18-8-5-3-2-4-7(8)10(19)9(12(18)21)11(20)16-13-14-6-15-17-13/h2-6,19H,1H3,(H2,14,15,16,17,20). The van der Waals surface area contributed by atoms with Crippen LogP contribution in [0.2, 0.25) is 0 Å². The average Bonchev–Trinajstić information content (AvgIpc) is 2.98. The fraction of sp³-hybridized carbons (Fsp3) is 0.0769. The Labute approximate surface area is 118 Å². The number of carbonyl (C=O) groups excluding carboxylic acids is 1. The van der Waals surface area contributed by atoms with Gasteiger partial charge in [-0.05, 0) is 12.1 Å². The summed E-state index contributed by atoms with van der Waals surface area (Å²) in [7, 11) is 1.54. The van der Waals surface area contributed by atoms with Gasteiger partial charge in [-0.2, -0.15) is 10.1 Å². The molecule has 0 aliphatic heterocycles. The van der Waals surface area contributed by atoms with Crippen molar-refractivity contribution in [2.24, 2.45) is 7.05 Å². The van der Waals surface area contributed by atoms with Gasteiger partial charge in [0, 0.05) is 12.4 Å². The van der Waals surface area contributed by atoms with Crippen molar-refractivity contribution in [3.63, 3.8) is 0 Å². The summed E-state index contributed by atoms with van der Waals surface area (Å²) in [5.41, 5.74) is -0.396. The lowest BCUT2D eigenvalue weighted by atomic mass is 10.1. The number of aromatic amines is 1. The van der Waals surface area contributed by atoms with Gasteiger partial charge in [0.1, 0.15) is 17.6 Å². The summed E-state index contributed by atoms with van der Waals surface area (Å²) >= 11 is 0. The molecule has 0 aliphatic rings. The largest absolute Gasteiger partial charge is 0.506 e. The molecule has 3 aromatic rings. The van der Waals surface area contributed by atoms with Crippen molar-refractivity contribution in [2.45, 2.75) is 0 Å². The highest BCUT2D eigenvalue weighted by molar-refractivity contribution is 6.08. The van der Waals surface area contributed by atoms with Crippen molar-refractivity contribution in [3.8, 4) is 5.75 Å². The molecule has 2 heterocycles. The number of carbonyl (C=O) groups is 1. The first kappa shape index (κ1) is 12.9. The molecule has 0 spiro atoms. The summed E-state index contributed by atoms with van der Waals surface area (Å²) in [5.74, 6) is -1.02. The van der Waals surface area contributed by atoms with E-state index in [0.717, 1.165) is 0 Å². The number of pyridine rings is 1. The number of hydrogen-bond acceptors (Lipinski definition) is 5. The third-order valence-corrected chi connectivity index (χ3v) is 3.15. The van der Waals surface area contributed by atoms with Crippen LogP contribution < -0.4 is 10.9 Å². The zero-order chi connectivity index (χ0) is 15.0. The molecule has 0 saturated heterocycles. The first-order valence-corrected chi connectivity index (χ1v) is 6.07. The van der Waals surface area contributed by atoms with Crippen LogP contribution in [0.4, 0.5) is 5.95 Å². The second-order valence-corrected chi connectivity index (χ2v) is 4.39. The minimum Gasteiger partial charge on any atom is -0.506 e. The molecule has 1 amide bonds. The molecule has 0 radical (unpaired) electrons. The summed E-state index contributed by atoms with van der Waals surface area (Å²) in [5, 5.41) is 19.1. The number of aromatic nitrogens is 4. The summed E-state index contributed by atoms with van der Waals surface area (Å²) in [6.07, 6.45) is 1.22. The second-order valence-electron chi connectivity index (χ2n) is 4.39. The SMILES string of the molecule is Cn1c(=O)c(C(=O)Nc2ncn[nH]2)c(O)c2ccccc21. The number of H-pyrrole nitrogens is 1. The molecule has 0 aliphatic carbocycles. The highest BCUT2D eigenvalue weighted by Gasteiger charge is 2.21. The smallest absolute Gasteiger partial charge is 0.267 e. The summed E-state index contributed by atoms with van der Waals surface area (Å²) in [6.45, 7) is 0. The zero-order valence-corrected chi connectivity index (χ0v) is 11.0. The van der Waals surface area contributed by atoms with Gasteiger partial charge < -0.3 is 9.67 Å². The van der Waals surface area contributed by atoms with Crippen molar-refractivity contribution in [1.82, 2.24) is 19.7 Å². The lowest BCUT2D eigenvalue weighted by Crippen LogP contribution is -2.28. The Kier molecular flexibility index (Phi) is 2.90. The van der Waals surface area contributed by atoms with Crippen LogP contribution in [0, 0.1) is 0 Å². The van der Waals surface area contributed by atoms with Crippen molar-refractivity contribution >= 4 is 22.8 Å². The maximum absolute atomic E-state index is 12.3. The highest BCUT2D eigenvalue weighted by Crippen LogP contribution is 2.25. The van der Waals surface area contributed by atoms with Gasteiger partial charge in [-0.3, -0.25) is 14.9 Å². The van der Waals surface area contributed by atoms with E-state index in [0.29, 0.717) is 10.9 Å². The van der Waals surface area contributed by atoms with Crippen LogP contribution in [-0.2, 0) is 7.05 Å². The fourth-order valence-electron chi connectivity index (χ4n) is 2.12. The third kappa shape index (κ3) is 2.02. The first-order chi connectivity index (χ1) is 10.1. The van der Waals surface area contributed by atoms with E-state index in [1.165, 1.54) is 17.9 Å². The molecule has 8 nitrogen and oxygen atoms in total. The monoisotopic (exact) mass is 285 g/mol. The lowest BCUT2D eigenvalue weighted by molar-refractivity contribution is 0.102. The van der Waals surface area contributed by atoms with Gasteiger partial charge in [-0.15, -0.1) is 0 Å². The molecule has 2 aromatic heterocycles. The Balaban J connectivity index is 2.18. The fourth-order valence-corrected chi connectivity index (χ4v) is 2.12. The van der Waals surface area contributed by atoms with Gasteiger partial charge in [0.05, 0.1) is 5.52 Å². The van der Waals surface area contributed by atoms with Crippen LogP contribution in [0.15, 0.2) is 35.4 Å². The molecular formula is C13H11N5O3. The number of nitrogens with zero attached hydrogens (tertiary/aromatic N) is 3. The minimum absolute atomic E-state index is 0.0922. The van der Waals surface area contributed by atoms with Gasteiger partial charge in [0.25, 0.3) is 11.5 Å². The predicted molar refractivity (Wildman–Crippen MR) is 75.2 cm³/mol. The molecule has 3 N–H and O–H groups in total. The molecule has 8 heteroatoms. The van der Waals surface area contributed by atoms with Crippen LogP contribution in [0.1, 0.15) is 10.4 Å². The molecule has 0 unspecified atom stereocenters. The predicted octanol–water partition coefficient (Wildman–Crippen LogP) is 0.614. The van der Waals surface area contributed by atoms with E-state index in [9.17, 15) is 14.7 Å². The van der Waals surface area contributed by atoms with Gasteiger partial charge in [-0.25, -0.2) is 5.10 Å². The quantitative estimate of drug-likeness (QED) is 0.638. The van der Waals surface area contributed by atoms with E-state index in [2.05, 4.69) is 20.5 Å². The Bertz CT molecular complexity index is 883. The van der Waals surface area contributed by atoms with Crippen LogP contribution in [0.25, 0.3) is 10.9 Å². The van der Waals surface area contributed by atoms with E-state index >= 15 is 0 Å². The molecule has 0 fully saturated rings. The molecule has 1 aromatic carbocycles. The van der Waals surface area contributed by atoms with Crippen molar-refractivity contribution < 1.29 is 9.90 Å². The Morgan fingerprint density at radius 1 is 1.38 bits per heavy atom. The van der Waals surface area contributed by atoms with Gasteiger partial charge in [-0.1, -0.05) is 12.1 Å². The van der Waals surface area contributed by atoms with Crippen LogP contribution >= 0.6 is 0 Å². The third-order valence-electron chi connectivity index (χ3n) is 3.15. The molecule has 21 heavy (non-hydrogen) atoms. The van der Waals surface area contributed by atoms with E-state index in [1.54, 1.807) is 24.3 Å². The number of anilines is 1. The van der Waals surface area contributed by atoms with Crippen molar-refractivity contribution in [2.75, 3.05) is 5.32 Å². The van der Waals surface area contributed by atoms with Crippen LogP contribution in [-0.4, -0.2) is 30.8 Å².